The summed E-state index contributed by atoms with van der Waals surface area (Å²) in [6, 6.07) is 2.13. The lowest BCUT2D eigenvalue weighted by atomic mass is 9.89. The highest BCUT2D eigenvalue weighted by atomic mass is 16.3. The van der Waals surface area contributed by atoms with E-state index in [2.05, 4.69) is 17.6 Å². The second kappa shape index (κ2) is 5.00. The molecule has 1 aromatic rings. The maximum absolute atomic E-state index is 12.6. The molecule has 19 heavy (non-hydrogen) atoms. The molecular formula is C15H22N2O2. The van der Waals surface area contributed by atoms with E-state index in [1.54, 1.807) is 6.26 Å². The highest BCUT2D eigenvalue weighted by Gasteiger charge is 2.40. The highest BCUT2D eigenvalue weighted by Crippen LogP contribution is 2.32. The molecule has 2 atom stereocenters. The Morgan fingerprint density at radius 1 is 1.58 bits per heavy atom. The number of furan rings is 1. The van der Waals surface area contributed by atoms with Crippen molar-refractivity contribution in [3.8, 4) is 0 Å². The van der Waals surface area contributed by atoms with E-state index in [1.807, 2.05) is 6.07 Å². The average Bonchev–Trinajstić information content (AvgIpc) is 3.08. The quantitative estimate of drug-likeness (QED) is 0.879. The number of rotatable bonds is 3. The molecule has 1 saturated heterocycles. The van der Waals surface area contributed by atoms with E-state index >= 15 is 0 Å². The number of aryl methyl sites for hydroxylation is 1. The number of amides is 1. The van der Waals surface area contributed by atoms with E-state index in [-0.39, 0.29) is 17.5 Å². The summed E-state index contributed by atoms with van der Waals surface area (Å²) in [6.45, 7) is 3.03. The highest BCUT2D eigenvalue weighted by molar-refractivity contribution is 5.87. The SMILES string of the molecule is CCC1(C(=O)NC2CCCc3occc32)CCCN1. The summed E-state index contributed by atoms with van der Waals surface area (Å²) in [5.74, 6) is 1.20. The second-order valence-corrected chi connectivity index (χ2v) is 5.68. The van der Waals surface area contributed by atoms with Crippen molar-refractivity contribution < 1.29 is 9.21 Å². The smallest absolute Gasteiger partial charge is 0.240 e. The van der Waals surface area contributed by atoms with E-state index < -0.39 is 0 Å². The van der Waals surface area contributed by atoms with Crippen LogP contribution in [-0.4, -0.2) is 18.0 Å². The molecule has 1 aliphatic carbocycles. The fraction of sp³-hybridized carbons (Fsp3) is 0.667. The third kappa shape index (κ3) is 2.18. The van der Waals surface area contributed by atoms with Crippen molar-refractivity contribution in [3.63, 3.8) is 0 Å². The van der Waals surface area contributed by atoms with Crippen molar-refractivity contribution in [2.75, 3.05) is 6.54 Å². The van der Waals surface area contributed by atoms with Crippen LogP contribution < -0.4 is 10.6 Å². The molecule has 2 heterocycles. The molecule has 0 saturated carbocycles. The molecule has 2 aliphatic rings. The van der Waals surface area contributed by atoms with Crippen LogP contribution in [0.25, 0.3) is 0 Å². The summed E-state index contributed by atoms with van der Waals surface area (Å²) < 4.78 is 5.48. The van der Waals surface area contributed by atoms with Crippen molar-refractivity contribution in [1.29, 1.82) is 0 Å². The van der Waals surface area contributed by atoms with Gasteiger partial charge in [-0.25, -0.2) is 0 Å². The topological polar surface area (TPSA) is 54.3 Å². The second-order valence-electron chi connectivity index (χ2n) is 5.68. The number of nitrogens with one attached hydrogen (secondary N) is 2. The van der Waals surface area contributed by atoms with Crippen molar-refractivity contribution in [1.82, 2.24) is 10.6 Å². The van der Waals surface area contributed by atoms with Crippen molar-refractivity contribution in [2.45, 2.75) is 57.0 Å². The largest absolute Gasteiger partial charge is 0.469 e. The first-order chi connectivity index (χ1) is 9.25. The lowest BCUT2D eigenvalue weighted by Gasteiger charge is -2.31. The summed E-state index contributed by atoms with van der Waals surface area (Å²) >= 11 is 0. The maximum Gasteiger partial charge on any atom is 0.240 e. The van der Waals surface area contributed by atoms with Crippen molar-refractivity contribution in [2.24, 2.45) is 0 Å². The number of hydrogen-bond acceptors (Lipinski definition) is 3. The van der Waals surface area contributed by atoms with Crippen LogP contribution in [0.3, 0.4) is 0 Å². The molecule has 1 aromatic heterocycles. The summed E-state index contributed by atoms with van der Waals surface area (Å²) in [4.78, 5) is 12.6. The summed E-state index contributed by atoms with van der Waals surface area (Å²) in [6.07, 6.45) is 7.70. The van der Waals surface area contributed by atoms with Gasteiger partial charge in [-0.05, 0) is 44.7 Å². The molecule has 4 heteroatoms. The van der Waals surface area contributed by atoms with E-state index in [0.29, 0.717) is 0 Å². The zero-order valence-electron chi connectivity index (χ0n) is 11.5. The predicted molar refractivity (Wildman–Crippen MR) is 72.8 cm³/mol. The fourth-order valence-electron chi connectivity index (χ4n) is 3.40. The van der Waals surface area contributed by atoms with Gasteiger partial charge >= 0.3 is 0 Å². The minimum Gasteiger partial charge on any atom is -0.469 e. The van der Waals surface area contributed by atoms with Crippen LogP contribution >= 0.6 is 0 Å². The Balaban J connectivity index is 1.74. The van der Waals surface area contributed by atoms with Crippen LogP contribution in [0.4, 0.5) is 0 Å². The zero-order chi connectivity index (χ0) is 13.3. The van der Waals surface area contributed by atoms with Gasteiger partial charge in [-0.1, -0.05) is 6.92 Å². The minimum absolute atomic E-state index is 0.126. The summed E-state index contributed by atoms with van der Waals surface area (Å²) in [5, 5.41) is 6.62. The van der Waals surface area contributed by atoms with Gasteiger partial charge in [0.25, 0.3) is 0 Å². The van der Waals surface area contributed by atoms with Gasteiger partial charge in [-0.15, -0.1) is 0 Å². The van der Waals surface area contributed by atoms with Gasteiger partial charge in [0.15, 0.2) is 0 Å². The molecular weight excluding hydrogens is 240 g/mol. The van der Waals surface area contributed by atoms with Gasteiger partial charge in [-0.2, -0.15) is 0 Å². The number of hydrogen-bond donors (Lipinski definition) is 2. The number of carbonyl (C=O) groups is 1. The molecule has 1 aliphatic heterocycles. The Hall–Kier alpha value is -1.29. The molecule has 0 radical (unpaired) electrons. The molecule has 4 nitrogen and oxygen atoms in total. The Morgan fingerprint density at radius 2 is 2.47 bits per heavy atom. The molecule has 1 amide bonds. The van der Waals surface area contributed by atoms with E-state index in [0.717, 1.165) is 50.8 Å². The van der Waals surface area contributed by atoms with Crippen molar-refractivity contribution in [3.05, 3.63) is 23.7 Å². The number of carbonyl (C=O) groups excluding carboxylic acids is 1. The average molecular weight is 262 g/mol. The first kappa shape index (κ1) is 12.7. The lowest BCUT2D eigenvalue weighted by molar-refractivity contribution is -0.128. The van der Waals surface area contributed by atoms with Gasteiger partial charge in [0.2, 0.25) is 5.91 Å². The molecule has 3 rings (SSSR count). The van der Waals surface area contributed by atoms with Gasteiger partial charge < -0.3 is 15.1 Å². The maximum atomic E-state index is 12.6. The summed E-state index contributed by atoms with van der Waals surface area (Å²) in [5.41, 5.74) is 0.824. The van der Waals surface area contributed by atoms with Gasteiger partial charge in [0, 0.05) is 12.0 Å². The molecule has 2 N–H and O–H groups in total. The molecule has 1 fully saturated rings. The van der Waals surface area contributed by atoms with E-state index in [4.69, 9.17) is 4.42 Å². The monoisotopic (exact) mass is 262 g/mol. The van der Waals surface area contributed by atoms with Crippen LogP contribution in [0.1, 0.15) is 56.4 Å². The van der Waals surface area contributed by atoms with Gasteiger partial charge in [0.05, 0.1) is 17.8 Å². The predicted octanol–water partition coefficient (Wildman–Crippen LogP) is 2.31. The Morgan fingerprint density at radius 3 is 3.21 bits per heavy atom. The lowest BCUT2D eigenvalue weighted by Crippen LogP contribution is -2.54. The van der Waals surface area contributed by atoms with Crippen LogP contribution in [0.15, 0.2) is 16.7 Å². The van der Waals surface area contributed by atoms with Crippen LogP contribution in [-0.2, 0) is 11.2 Å². The molecule has 0 spiro atoms. The minimum atomic E-state index is -0.346. The van der Waals surface area contributed by atoms with E-state index in [9.17, 15) is 4.79 Å². The zero-order valence-corrected chi connectivity index (χ0v) is 11.5. The van der Waals surface area contributed by atoms with Crippen LogP contribution in [0.5, 0.6) is 0 Å². The Kier molecular flexibility index (Phi) is 3.35. The van der Waals surface area contributed by atoms with E-state index in [1.165, 1.54) is 5.56 Å². The third-order valence-electron chi connectivity index (χ3n) is 4.64. The molecule has 0 bridgehead atoms. The first-order valence-electron chi connectivity index (χ1n) is 7.37. The first-order valence-corrected chi connectivity index (χ1v) is 7.37. The molecule has 104 valence electrons. The molecule has 2 unspecified atom stereocenters. The van der Waals surface area contributed by atoms with Crippen molar-refractivity contribution >= 4 is 5.91 Å². The Labute approximate surface area is 113 Å². The van der Waals surface area contributed by atoms with Crippen LogP contribution in [0, 0.1) is 0 Å². The Bertz CT molecular complexity index is 460. The fourth-order valence-corrected chi connectivity index (χ4v) is 3.40. The molecule has 0 aromatic carbocycles. The summed E-state index contributed by atoms with van der Waals surface area (Å²) in [7, 11) is 0. The third-order valence-corrected chi connectivity index (χ3v) is 4.64. The normalized spacial score (nSPS) is 30.1. The number of fused-ring (bicyclic) bond motifs is 1. The van der Waals surface area contributed by atoms with Crippen LogP contribution in [0.2, 0.25) is 0 Å². The van der Waals surface area contributed by atoms with Gasteiger partial charge in [-0.3, -0.25) is 4.79 Å². The standard InChI is InChI=1S/C15H22N2O2/c1-2-15(8-4-9-16-15)14(18)17-12-5-3-6-13-11(12)7-10-19-13/h7,10,12,16H,2-6,8-9H2,1H3,(H,17,18). The van der Waals surface area contributed by atoms with Gasteiger partial charge in [0.1, 0.15) is 5.76 Å².